The number of hydrogen-bond acceptors (Lipinski definition) is 7. The van der Waals surface area contributed by atoms with Crippen molar-refractivity contribution in [2.75, 3.05) is 13.7 Å². The number of rotatable bonds is 21. The van der Waals surface area contributed by atoms with E-state index in [2.05, 4.69) is 47.8 Å². The minimum Gasteiger partial charge on any atom is -0.657 e. The Bertz CT molecular complexity index is 2540. The third-order valence-electron chi connectivity index (χ3n) is 13.9. The zero-order valence-electron chi connectivity index (χ0n) is 40.9. The fraction of sp³-hybridized carbons (Fsp3) is 0.509. The molecule has 5 heterocycles. The molecular weight excluding hydrogens is 821 g/mol. The topological polar surface area (TPSA) is 124 Å². The number of ketones is 1. The monoisotopic (exact) mass is 891 g/mol. The first-order chi connectivity index (χ1) is 30.6. The molecule has 0 aromatic carbocycles. The molecule has 8 bridgehead atoms. The maximum atomic E-state index is 14.3. The van der Waals surface area contributed by atoms with E-state index in [9.17, 15) is 14.4 Å². The van der Waals surface area contributed by atoms with Crippen LogP contribution in [0.2, 0.25) is 0 Å². The molecule has 1 aliphatic carbocycles. The van der Waals surface area contributed by atoms with Crippen molar-refractivity contribution in [2.45, 2.75) is 145 Å². The maximum absolute atomic E-state index is 14.3. The van der Waals surface area contributed by atoms with Crippen LogP contribution in [0.25, 0.3) is 50.4 Å². The first-order valence-corrected chi connectivity index (χ1v) is 23.7. The van der Waals surface area contributed by atoms with Crippen LogP contribution in [-0.2, 0) is 30.3 Å². The van der Waals surface area contributed by atoms with Gasteiger partial charge in [0.25, 0.3) is 0 Å². The van der Waals surface area contributed by atoms with Crippen molar-refractivity contribution in [3.63, 3.8) is 0 Å². The van der Waals surface area contributed by atoms with Gasteiger partial charge in [-0.05, 0) is 86.5 Å². The van der Waals surface area contributed by atoms with E-state index in [1.165, 1.54) is 58.5 Å². The zero-order valence-corrected chi connectivity index (χ0v) is 42.3. The van der Waals surface area contributed by atoms with Gasteiger partial charge in [0.2, 0.25) is 0 Å². The summed E-state index contributed by atoms with van der Waals surface area (Å²) in [4.78, 5) is 61.5. The average Bonchev–Trinajstić information content (AvgIpc) is 3.99. The van der Waals surface area contributed by atoms with Gasteiger partial charge in [-0.1, -0.05) is 153 Å². The van der Waals surface area contributed by atoms with E-state index in [0.717, 1.165) is 75.2 Å². The van der Waals surface area contributed by atoms with Gasteiger partial charge in [-0.25, -0.2) is 9.97 Å². The SMILES string of the molecule is C=CC1=C(C)c2cc3[n-]c(c(CCC(=O)OCCC(C)CCC[C@@H](C)CCC[C@H](C)CCCC(C)C)c3C)c3c4nc(cc5[n-]c(cc1n2)c(C)c5C=C)C(C)=C4C(=O)[C@@H]3C(=O)OC.[Mg+2]. The summed E-state index contributed by atoms with van der Waals surface area (Å²) < 4.78 is 11.1. The number of nitrogens with zero attached hydrogens (tertiary/aromatic N) is 4. The second-order valence-corrected chi connectivity index (χ2v) is 19.2. The van der Waals surface area contributed by atoms with Gasteiger partial charge in [-0.15, -0.1) is 22.1 Å². The quantitative estimate of drug-likeness (QED) is 0.0584. The number of esters is 2. The Hall–Kier alpha value is -4.54. The van der Waals surface area contributed by atoms with Crippen LogP contribution in [0.1, 0.15) is 176 Å². The van der Waals surface area contributed by atoms with Crippen LogP contribution >= 0.6 is 0 Å². The van der Waals surface area contributed by atoms with Crippen molar-refractivity contribution in [3.05, 3.63) is 88.0 Å². The third-order valence-corrected chi connectivity index (χ3v) is 13.9. The predicted octanol–water partition coefficient (Wildman–Crippen LogP) is 12.3. The molecule has 0 spiro atoms. The molecule has 4 atom stereocenters. The second-order valence-electron chi connectivity index (χ2n) is 19.2. The Morgan fingerprint density at radius 3 is 1.91 bits per heavy atom. The van der Waals surface area contributed by atoms with E-state index in [4.69, 9.17) is 29.4 Å². The molecule has 0 amide bonds. The number of Topliss-reactive ketones (excluding diaryl/α,β-unsaturated/α-hetero) is 1. The van der Waals surface area contributed by atoms with Crippen LogP contribution in [0, 0.1) is 37.5 Å². The van der Waals surface area contributed by atoms with E-state index in [-0.39, 0.29) is 41.9 Å². The smallest absolute Gasteiger partial charge is 0.657 e. The summed E-state index contributed by atoms with van der Waals surface area (Å²) in [6.07, 6.45) is 16.3. The molecule has 3 aliphatic rings. The maximum Gasteiger partial charge on any atom is 2.00 e. The largest absolute Gasteiger partial charge is 2.00 e. The molecule has 3 aromatic heterocycles. The Balaban J connectivity index is 0.00000793. The van der Waals surface area contributed by atoms with Crippen molar-refractivity contribution >= 4 is 91.2 Å². The summed E-state index contributed by atoms with van der Waals surface area (Å²) in [6, 6.07) is 5.75. The normalized spacial score (nSPS) is 15.9. The van der Waals surface area contributed by atoms with Crippen LogP contribution in [0.5, 0.6) is 0 Å². The molecule has 0 fully saturated rings. The van der Waals surface area contributed by atoms with E-state index >= 15 is 0 Å². The molecule has 65 heavy (non-hydrogen) atoms. The number of fused-ring (bicyclic) bond motifs is 8. The molecule has 1 unspecified atom stereocenters. The zero-order chi connectivity index (χ0) is 46.4. The molecular formula is C55H70MgN4O5. The van der Waals surface area contributed by atoms with Crippen LogP contribution in [0.15, 0.2) is 37.4 Å². The number of ether oxygens (including phenoxy) is 2. The van der Waals surface area contributed by atoms with Crippen LogP contribution < -0.4 is 9.97 Å². The molecule has 10 heteroatoms. The molecule has 0 N–H and O–H groups in total. The van der Waals surface area contributed by atoms with Gasteiger partial charge in [0.05, 0.1) is 36.5 Å². The number of aromatic nitrogens is 4. The Labute approximate surface area is 403 Å². The number of aryl methyl sites for hydroxylation is 3. The van der Waals surface area contributed by atoms with E-state index < -0.39 is 17.7 Å². The summed E-state index contributed by atoms with van der Waals surface area (Å²) in [6.45, 7) is 28.0. The minimum absolute atomic E-state index is 0. The van der Waals surface area contributed by atoms with Gasteiger partial charge < -0.3 is 19.4 Å². The standard InChI is InChI=1S/C55H71N4O5.Mg/c1-13-39-35(8)42-28-44-37(10)41(24-25-48(60)64-27-26-34(7)23-17-22-33(6)21-16-20-32(5)19-15-18-31(3)4)52(58-44)50-51(55(62)63-12)54(61)49-38(11)45(59-53(49)50)30-47-40(14-2)36(9)43(57-47)29-46(39)56-42;/h13-14,28-34,51H,1-2,15-27H2,3-12H3,(H-,56,57,58,59,61);/q-1;+2/p-1/t32-,33+,34?,51-;/m1./s1. The summed E-state index contributed by atoms with van der Waals surface area (Å²) in [5, 5.41) is 0. The molecule has 9 nitrogen and oxygen atoms in total. The van der Waals surface area contributed by atoms with Crippen LogP contribution in [0.3, 0.4) is 0 Å². The fourth-order valence-corrected chi connectivity index (χ4v) is 9.70. The molecule has 3 aromatic rings. The van der Waals surface area contributed by atoms with E-state index in [1.807, 2.05) is 45.9 Å². The van der Waals surface area contributed by atoms with Crippen molar-refractivity contribution < 1.29 is 23.9 Å². The molecule has 342 valence electrons. The summed E-state index contributed by atoms with van der Waals surface area (Å²) in [7, 11) is 1.28. The number of hydrogen-bond donors (Lipinski definition) is 0. The van der Waals surface area contributed by atoms with Gasteiger partial charge in [-0.2, -0.15) is 0 Å². The summed E-state index contributed by atoms with van der Waals surface area (Å²) in [5.74, 6) is 0.166. The fourth-order valence-electron chi connectivity index (χ4n) is 9.70. The minimum atomic E-state index is -1.26. The van der Waals surface area contributed by atoms with Crippen molar-refractivity contribution in [1.82, 2.24) is 19.9 Å². The number of carbonyl (C=O) groups is 3. The first-order valence-electron chi connectivity index (χ1n) is 23.7. The molecule has 2 aliphatic heterocycles. The number of allylic oxidation sites excluding steroid dienone is 5. The number of carbonyl (C=O) groups excluding carboxylic acids is 3. The second kappa shape index (κ2) is 22.8. The molecule has 0 radical (unpaired) electrons. The Morgan fingerprint density at radius 2 is 1.31 bits per heavy atom. The van der Waals surface area contributed by atoms with Crippen LogP contribution in [0.4, 0.5) is 0 Å². The molecule has 0 saturated heterocycles. The first kappa shape index (κ1) is 51.4. The summed E-state index contributed by atoms with van der Waals surface area (Å²) in [5.41, 5.74) is 11.4. The third kappa shape index (κ3) is 11.5. The molecule has 0 saturated carbocycles. The van der Waals surface area contributed by atoms with Crippen molar-refractivity contribution in [1.29, 1.82) is 0 Å². The summed E-state index contributed by atoms with van der Waals surface area (Å²) >= 11 is 0. The van der Waals surface area contributed by atoms with Gasteiger partial charge in [0, 0.05) is 17.6 Å². The Morgan fingerprint density at radius 1 is 0.738 bits per heavy atom. The van der Waals surface area contributed by atoms with Gasteiger partial charge in [0.1, 0.15) is 5.92 Å². The van der Waals surface area contributed by atoms with Crippen molar-refractivity contribution in [3.8, 4) is 0 Å². The number of methoxy groups -OCH3 is 1. The predicted molar refractivity (Wildman–Crippen MR) is 267 cm³/mol. The van der Waals surface area contributed by atoms with Gasteiger partial charge in [-0.3, -0.25) is 14.4 Å². The van der Waals surface area contributed by atoms with E-state index in [0.29, 0.717) is 62.9 Å². The average molecular weight is 891 g/mol. The van der Waals surface area contributed by atoms with Gasteiger partial charge >= 0.3 is 35.0 Å². The van der Waals surface area contributed by atoms with Gasteiger partial charge in [0.15, 0.2) is 5.78 Å². The van der Waals surface area contributed by atoms with Crippen LogP contribution in [-0.4, -0.2) is 64.5 Å². The molecule has 6 rings (SSSR count). The van der Waals surface area contributed by atoms with Crippen molar-refractivity contribution in [2.24, 2.45) is 23.7 Å². The van der Waals surface area contributed by atoms with E-state index in [1.54, 1.807) is 12.2 Å². The Kier molecular flexibility index (Phi) is 18.0.